The quantitative estimate of drug-likeness (QED) is 0.779. The summed E-state index contributed by atoms with van der Waals surface area (Å²) in [5.41, 5.74) is 0. The first-order valence-electron chi connectivity index (χ1n) is 5.35. The van der Waals surface area contributed by atoms with Gasteiger partial charge in [0.25, 0.3) is 5.91 Å². The van der Waals surface area contributed by atoms with Crippen molar-refractivity contribution in [1.82, 2.24) is 5.32 Å². The molecule has 3 N–H and O–H groups in total. The highest BCUT2D eigenvalue weighted by molar-refractivity contribution is 7.20. The molecule has 0 saturated heterocycles. The van der Waals surface area contributed by atoms with E-state index in [1.807, 2.05) is 0 Å². The zero-order chi connectivity index (χ0) is 13.1. The number of amides is 1. The third-order valence-corrected chi connectivity index (χ3v) is 3.59. The summed E-state index contributed by atoms with van der Waals surface area (Å²) in [6.07, 6.45) is 0. The minimum atomic E-state index is -0.681. The predicted molar refractivity (Wildman–Crippen MR) is 67.2 cm³/mol. The smallest absolute Gasteiger partial charge is 0.261 e. The second kappa shape index (κ2) is 5.43. The first-order chi connectivity index (χ1) is 8.63. The maximum absolute atomic E-state index is 13.0. The van der Waals surface area contributed by atoms with Gasteiger partial charge in [0, 0.05) is 4.70 Å². The number of carbonyl (C=O) groups is 1. The number of aliphatic hydroxyl groups is 2. The van der Waals surface area contributed by atoms with Gasteiger partial charge in [-0.1, -0.05) is 0 Å². The van der Waals surface area contributed by atoms with Crippen LogP contribution < -0.4 is 5.32 Å². The van der Waals surface area contributed by atoms with Crippen molar-refractivity contribution < 1.29 is 19.4 Å². The van der Waals surface area contributed by atoms with E-state index < -0.39 is 6.04 Å². The van der Waals surface area contributed by atoms with E-state index in [1.54, 1.807) is 12.1 Å². The maximum atomic E-state index is 13.0. The Morgan fingerprint density at radius 1 is 1.33 bits per heavy atom. The third-order valence-electron chi connectivity index (χ3n) is 2.48. The summed E-state index contributed by atoms with van der Waals surface area (Å²) in [6.45, 7) is -0.663. The average molecular weight is 269 g/mol. The molecular formula is C12H12FNO3S. The molecule has 0 aliphatic carbocycles. The van der Waals surface area contributed by atoms with E-state index in [1.165, 1.54) is 23.5 Å². The monoisotopic (exact) mass is 269 g/mol. The van der Waals surface area contributed by atoms with Crippen LogP contribution in [0.3, 0.4) is 0 Å². The maximum Gasteiger partial charge on any atom is 0.261 e. The van der Waals surface area contributed by atoms with Crippen LogP contribution in [-0.4, -0.2) is 35.4 Å². The third kappa shape index (κ3) is 2.66. The molecule has 0 fully saturated rings. The second-order valence-electron chi connectivity index (χ2n) is 3.83. The van der Waals surface area contributed by atoms with Crippen LogP contribution in [0.2, 0.25) is 0 Å². The largest absolute Gasteiger partial charge is 0.394 e. The Morgan fingerprint density at radius 3 is 2.72 bits per heavy atom. The van der Waals surface area contributed by atoms with Gasteiger partial charge in [0.15, 0.2) is 0 Å². The molecule has 4 nitrogen and oxygen atoms in total. The molecule has 0 aliphatic rings. The number of hydrogen-bond donors (Lipinski definition) is 3. The molecule has 1 aromatic heterocycles. The minimum Gasteiger partial charge on any atom is -0.394 e. The van der Waals surface area contributed by atoms with E-state index in [0.717, 1.165) is 4.70 Å². The lowest BCUT2D eigenvalue weighted by Crippen LogP contribution is -2.39. The molecule has 1 amide bonds. The lowest BCUT2D eigenvalue weighted by Gasteiger charge is -2.11. The first kappa shape index (κ1) is 12.9. The lowest BCUT2D eigenvalue weighted by molar-refractivity contribution is 0.0883. The normalized spacial score (nSPS) is 11.1. The highest BCUT2D eigenvalue weighted by Crippen LogP contribution is 2.26. The molecule has 0 spiro atoms. The van der Waals surface area contributed by atoms with Crippen molar-refractivity contribution in [2.75, 3.05) is 13.2 Å². The molecule has 0 atom stereocenters. The van der Waals surface area contributed by atoms with Crippen LogP contribution in [0.25, 0.3) is 10.1 Å². The second-order valence-corrected chi connectivity index (χ2v) is 4.91. The number of hydrogen-bond acceptors (Lipinski definition) is 4. The summed E-state index contributed by atoms with van der Waals surface area (Å²) < 4.78 is 13.8. The number of aliphatic hydroxyl groups excluding tert-OH is 2. The Hall–Kier alpha value is -1.50. The van der Waals surface area contributed by atoms with E-state index in [-0.39, 0.29) is 24.9 Å². The molecule has 1 aromatic carbocycles. The summed E-state index contributed by atoms with van der Waals surface area (Å²) in [6, 6.07) is 5.22. The Kier molecular flexibility index (Phi) is 3.90. The van der Waals surface area contributed by atoms with Crippen molar-refractivity contribution in [2.24, 2.45) is 0 Å². The molecule has 0 unspecified atom stereocenters. The molecule has 0 saturated carbocycles. The van der Waals surface area contributed by atoms with Crippen LogP contribution in [0.4, 0.5) is 4.39 Å². The van der Waals surface area contributed by atoms with Crippen LogP contribution in [0.5, 0.6) is 0 Å². The summed E-state index contributed by atoms with van der Waals surface area (Å²) in [5.74, 6) is -0.736. The molecule has 0 bridgehead atoms. The predicted octanol–water partition coefficient (Wildman–Crippen LogP) is 1.12. The van der Waals surface area contributed by atoms with Gasteiger partial charge in [0.1, 0.15) is 5.82 Å². The highest BCUT2D eigenvalue weighted by Gasteiger charge is 2.14. The number of fused-ring (bicyclic) bond motifs is 1. The summed E-state index contributed by atoms with van der Waals surface area (Å²) in [7, 11) is 0. The molecule has 96 valence electrons. The Morgan fingerprint density at radius 2 is 2.06 bits per heavy atom. The van der Waals surface area contributed by atoms with E-state index >= 15 is 0 Å². The molecule has 2 rings (SSSR count). The van der Waals surface area contributed by atoms with Crippen molar-refractivity contribution in [1.29, 1.82) is 0 Å². The fourth-order valence-electron chi connectivity index (χ4n) is 1.53. The molecule has 0 aliphatic heterocycles. The fraction of sp³-hybridized carbons (Fsp3) is 0.250. The van der Waals surface area contributed by atoms with Crippen LogP contribution in [-0.2, 0) is 0 Å². The van der Waals surface area contributed by atoms with Crippen LogP contribution in [0.15, 0.2) is 24.3 Å². The van der Waals surface area contributed by atoms with Gasteiger partial charge in [-0.3, -0.25) is 4.79 Å². The molecule has 1 heterocycles. The SMILES string of the molecule is O=C(NC(CO)CO)c1cc2cc(F)ccc2s1. The summed E-state index contributed by atoms with van der Waals surface area (Å²) >= 11 is 1.24. The standard InChI is InChI=1S/C12H12FNO3S/c13-8-1-2-10-7(3-8)4-11(18-10)12(17)14-9(5-15)6-16/h1-4,9,15-16H,5-6H2,(H,14,17). The number of nitrogens with one attached hydrogen (secondary N) is 1. The van der Waals surface area contributed by atoms with Gasteiger partial charge >= 0.3 is 0 Å². The Bertz CT molecular complexity index is 565. The molecular weight excluding hydrogens is 257 g/mol. The van der Waals surface area contributed by atoms with Gasteiger partial charge in [-0.15, -0.1) is 11.3 Å². The van der Waals surface area contributed by atoms with E-state index in [4.69, 9.17) is 10.2 Å². The highest BCUT2D eigenvalue weighted by atomic mass is 32.1. The van der Waals surface area contributed by atoms with Gasteiger partial charge < -0.3 is 15.5 Å². The zero-order valence-corrected chi connectivity index (χ0v) is 10.2. The summed E-state index contributed by atoms with van der Waals surface area (Å²) in [4.78, 5) is 12.2. The van der Waals surface area contributed by atoms with E-state index in [2.05, 4.69) is 5.32 Å². The van der Waals surface area contributed by atoms with Gasteiger partial charge in [-0.2, -0.15) is 0 Å². The van der Waals surface area contributed by atoms with Crippen molar-refractivity contribution in [2.45, 2.75) is 6.04 Å². The zero-order valence-electron chi connectivity index (χ0n) is 9.39. The van der Waals surface area contributed by atoms with Gasteiger partial charge in [0.2, 0.25) is 0 Å². The number of carbonyl (C=O) groups excluding carboxylic acids is 1. The van der Waals surface area contributed by atoms with Crippen LogP contribution >= 0.6 is 11.3 Å². The van der Waals surface area contributed by atoms with Crippen LogP contribution in [0.1, 0.15) is 9.67 Å². The van der Waals surface area contributed by atoms with Gasteiger partial charge in [0.05, 0.1) is 24.1 Å². The lowest BCUT2D eigenvalue weighted by atomic mass is 10.2. The van der Waals surface area contributed by atoms with Crippen molar-refractivity contribution >= 4 is 27.3 Å². The number of benzene rings is 1. The van der Waals surface area contributed by atoms with Crippen LogP contribution in [0, 0.1) is 5.82 Å². The molecule has 0 radical (unpaired) electrons. The first-order valence-corrected chi connectivity index (χ1v) is 6.17. The van der Waals surface area contributed by atoms with Crippen molar-refractivity contribution in [3.05, 3.63) is 35.0 Å². The number of rotatable bonds is 4. The molecule has 18 heavy (non-hydrogen) atoms. The topological polar surface area (TPSA) is 69.6 Å². The fourth-order valence-corrected chi connectivity index (χ4v) is 2.48. The molecule has 2 aromatic rings. The van der Waals surface area contributed by atoms with Crippen molar-refractivity contribution in [3.63, 3.8) is 0 Å². The van der Waals surface area contributed by atoms with E-state index in [0.29, 0.717) is 10.3 Å². The minimum absolute atomic E-state index is 0.332. The van der Waals surface area contributed by atoms with Gasteiger partial charge in [-0.05, 0) is 29.7 Å². The Labute approximate surface area is 107 Å². The number of halogens is 1. The van der Waals surface area contributed by atoms with Crippen molar-refractivity contribution in [3.8, 4) is 0 Å². The average Bonchev–Trinajstić information content (AvgIpc) is 2.78. The Balaban J connectivity index is 2.23. The van der Waals surface area contributed by atoms with Gasteiger partial charge in [-0.25, -0.2) is 4.39 Å². The number of thiophene rings is 1. The van der Waals surface area contributed by atoms with E-state index in [9.17, 15) is 9.18 Å². The summed E-state index contributed by atoms with van der Waals surface area (Å²) in [5, 5.41) is 20.9. The molecule has 6 heteroatoms.